The van der Waals surface area contributed by atoms with E-state index in [4.69, 9.17) is 4.74 Å². The van der Waals surface area contributed by atoms with Gasteiger partial charge in [-0.05, 0) is 75.7 Å². The summed E-state index contributed by atoms with van der Waals surface area (Å²) in [5.74, 6) is 0.779. The lowest BCUT2D eigenvalue weighted by molar-refractivity contribution is 0.114. The van der Waals surface area contributed by atoms with E-state index in [0.717, 1.165) is 40.9 Å². The van der Waals surface area contributed by atoms with Crippen molar-refractivity contribution in [3.63, 3.8) is 0 Å². The number of nitrogens with zero attached hydrogens (tertiary/aromatic N) is 5. The summed E-state index contributed by atoms with van der Waals surface area (Å²) in [4.78, 5) is 21.0. The van der Waals surface area contributed by atoms with Gasteiger partial charge < -0.3 is 15.0 Å². The molecule has 2 aliphatic carbocycles. The molecule has 0 radical (unpaired) electrons. The summed E-state index contributed by atoms with van der Waals surface area (Å²) >= 11 is 1.54. The van der Waals surface area contributed by atoms with Gasteiger partial charge in [0.1, 0.15) is 11.9 Å². The van der Waals surface area contributed by atoms with Gasteiger partial charge in [0.05, 0.1) is 10.6 Å². The molecule has 5 rings (SSSR count). The Balaban J connectivity index is 1.21. The molecule has 2 fully saturated rings. The van der Waals surface area contributed by atoms with Crippen LogP contribution >= 0.6 is 11.3 Å². The lowest BCUT2D eigenvalue weighted by Crippen LogP contribution is -2.25. The number of pyridine rings is 1. The molecule has 3 heterocycles. The molecule has 0 unspecified atom stereocenters. The van der Waals surface area contributed by atoms with E-state index in [2.05, 4.69) is 36.2 Å². The van der Waals surface area contributed by atoms with E-state index in [1.54, 1.807) is 17.5 Å². The summed E-state index contributed by atoms with van der Waals surface area (Å²) in [6.45, 7) is 0.870. The first kappa shape index (κ1) is 20.3. The van der Waals surface area contributed by atoms with Gasteiger partial charge in [-0.3, -0.25) is 0 Å². The predicted octanol–water partition coefficient (Wildman–Crippen LogP) is 4.90. The highest BCUT2D eigenvalue weighted by atomic mass is 32.1. The molecule has 1 N–H and O–H groups in total. The van der Waals surface area contributed by atoms with Crippen molar-refractivity contribution in [3.8, 4) is 16.6 Å². The molecule has 8 heteroatoms. The van der Waals surface area contributed by atoms with Gasteiger partial charge in [0.15, 0.2) is 5.13 Å². The highest BCUT2D eigenvalue weighted by Crippen LogP contribution is 2.56. The second-order valence-corrected chi connectivity index (χ2v) is 10.0. The van der Waals surface area contributed by atoms with E-state index >= 15 is 0 Å². The van der Waals surface area contributed by atoms with Crippen molar-refractivity contribution in [2.24, 2.45) is 5.41 Å². The zero-order valence-electron chi connectivity index (χ0n) is 18.0. The Morgan fingerprint density at radius 1 is 1.06 bits per heavy atom. The van der Waals surface area contributed by atoms with Gasteiger partial charge in [-0.15, -0.1) is 0 Å². The summed E-state index contributed by atoms with van der Waals surface area (Å²) in [7, 11) is 4.09. The number of nitrogens with one attached hydrogen (secondary N) is 1. The molecule has 0 atom stereocenters. The van der Waals surface area contributed by atoms with E-state index < -0.39 is 0 Å². The number of aromatic nitrogens is 4. The lowest BCUT2D eigenvalue weighted by Gasteiger charge is -2.28. The molecular formula is C23H28N6OS. The maximum atomic E-state index is 6.11. The largest absolute Gasteiger partial charge is 0.460 e. The van der Waals surface area contributed by atoms with Crippen LogP contribution in [0.15, 0.2) is 36.8 Å². The van der Waals surface area contributed by atoms with Crippen LogP contribution in [0, 0.1) is 5.41 Å². The first-order chi connectivity index (χ1) is 15.1. The summed E-state index contributed by atoms with van der Waals surface area (Å²) in [5.41, 5.74) is 2.67. The second kappa shape index (κ2) is 8.51. The predicted molar refractivity (Wildman–Crippen MR) is 123 cm³/mol. The molecule has 31 heavy (non-hydrogen) atoms. The smallest absolute Gasteiger partial charge is 0.317 e. The Bertz CT molecular complexity index is 1020. The van der Waals surface area contributed by atoms with Crippen LogP contribution in [0.1, 0.15) is 44.1 Å². The highest BCUT2D eigenvalue weighted by Gasteiger charge is 2.45. The van der Waals surface area contributed by atoms with Gasteiger partial charge in [-0.1, -0.05) is 17.4 Å². The van der Waals surface area contributed by atoms with Crippen LogP contribution in [0.5, 0.6) is 6.01 Å². The normalized spacial score (nSPS) is 17.8. The maximum Gasteiger partial charge on any atom is 0.317 e. The Hall–Kier alpha value is -2.58. The average Bonchev–Trinajstić information content (AvgIpc) is 3.36. The zero-order chi connectivity index (χ0) is 21.3. The Morgan fingerprint density at radius 2 is 1.90 bits per heavy atom. The molecule has 3 aromatic heterocycles. The minimum atomic E-state index is 0.238. The standard InChI is InChI=1S/C23H28N6OS/c1-29(2)15-16-3-4-20(25-13-16)28-22-26-14-19(31-22)18-7-12-24-21(27-18)30-17-5-8-23(9-6-17)10-11-23/h3-4,7,12-14,17H,5-6,8-11,15H2,1-2H3,(H,25,26,28). The summed E-state index contributed by atoms with van der Waals surface area (Å²) < 4.78 is 6.11. The zero-order valence-corrected chi connectivity index (χ0v) is 18.9. The number of rotatable bonds is 7. The number of thiazole rings is 1. The van der Waals surface area contributed by atoms with Crippen molar-refractivity contribution >= 4 is 22.3 Å². The van der Waals surface area contributed by atoms with E-state index in [0.29, 0.717) is 11.4 Å². The molecule has 0 saturated heterocycles. The maximum absolute atomic E-state index is 6.11. The Labute approximate surface area is 186 Å². The van der Waals surface area contributed by atoms with Crippen LogP contribution in [0.25, 0.3) is 10.6 Å². The molecule has 2 saturated carbocycles. The van der Waals surface area contributed by atoms with Crippen LogP contribution in [0.2, 0.25) is 0 Å². The van der Waals surface area contributed by atoms with Gasteiger partial charge >= 0.3 is 6.01 Å². The second-order valence-electron chi connectivity index (χ2n) is 8.99. The molecule has 0 bridgehead atoms. The quantitative estimate of drug-likeness (QED) is 0.564. The van der Waals surface area contributed by atoms with Gasteiger partial charge in [0.25, 0.3) is 0 Å². The van der Waals surface area contributed by atoms with Crippen molar-refractivity contribution in [1.29, 1.82) is 0 Å². The van der Waals surface area contributed by atoms with Gasteiger partial charge in [0.2, 0.25) is 0 Å². The van der Waals surface area contributed by atoms with E-state index in [-0.39, 0.29) is 6.10 Å². The van der Waals surface area contributed by atoms with Crippen molar-refractivity contribution < 1.29 is 4.74 Å². The number of anilines is 2. The van der Waals surface area contributed by atoms with Crippen LogP contribution in [0.3, 0.4) is 0 Å². The third-order valence-corrected chi connectivity index (χ3v) is 7.11. The van der Waals surface area contributed by atoms with Crippen LogP contribution in [-0.2, 0) is 6.54 Å². The molecule has 0 aromatic carbocycles. The fourth-order valence-corrected chi connectivity index (χ4v) is 4.99. The first-order valence-corrected chi connectivity index (χ1v) is 11.7. The van der Waals surface area contributed by atoms with Gasteiger partial charge in [-0.2, -0.15) is 4.98 Å². The monoisotopic (exact) mass is 436 g/mol. The van der Waals surface area contributed by atoms with E-state index in [1.165, 1.54) is 31.2 Å². The molecule has 7 nitrogen and oxygen atoms in total. The minimum absolute atomic E-state index is 0.238. The van der Waals surface area contributed by atoms with Crippen LogP contribution in [0.4, 0.5) is 10.9 Å². The fraction of sp³-hybridized carbons (Fsp3) is 0.478. The molecule has 3 aromatic rings. The third-order valence-electron chi connectivity index (χ3n) is 6.17. The molecular weight excluding hydrogens is 408 g/mol. The first-order valence-electron chi connectivity index (χ1n) is 10.9. The molecule has 162 valence electrons. The average molecular weight is 437 g/mol. The fourth-order valence-electron chi connectivity index (χ4n) is 4.20. The SMILES string of the molecule is CN(C)Cc1ccc(Nc2ncc(-c3ccnc(OC4CCC5(CC4)CC5)n3)s2)nc1. The van der Waals surface area contributed by atoms with Crippen molar-refractivity contribution in [1.82, 2.24) is 24.8 Å². The molecule has 2 aliphatic rings. The number of hydrogen-bond donors (Lipinski definition) is 1. The lowest BCUT2D eigenvalue weighted by atomic mass is 9.85. The number of hydrogen-bond acceptors (Lipinski definition) is 8. The summed E-state index contributed by atoms with van der Waals surface area (Å²) in [5, 5.41) is 4.06. The highest BCUT2D eigenvalue weighted by molar-refractivity contribution is 7.18. The van der Waals surface area contributed by atoms with Crippen molar-refractivity contribution in [2.45, 2.75) is 51.2 Å². The van der Waals surface area contributed by atoms with Crippen molar-refractivity contribution in [2.75, 3.05) is 19.4 Å². The molecule has 0 aliphatic heterocycles. The number of ether oxygens (including phenoxy) is 1. The van der Waals surface area contributed by atoms with Crippen molar-refractivity contribution in [3.05, 3.63) is 42.4 Å². The summed E-state index contributed by atoms with van der Waals surface area (Å²) in [6, 6.07) is 6.43. The van der Waals surface area contributed by atoms with Gasteiger partial charge in [0, 0.05) is 25.1 Å². The van der Waals surface area contributed by atoms with Crippen LogP contribution in [-0.4, -0.2) is 45.0 Å². The summed E-state index contributed by atoms with van der Waals surface area (Å²) in [6.07, 6.45) is 13.3. The van der Waals surface area contributed by atoms with Gasteiger partial charge in [-0.25, -0.2) is 15.0 Å². The molecule has 0 amide bonds. The van der Waals surface area contributed by atoms with E-state index in [1.807, 2.05) is 38.6 Å². The van der Waals surface area contributed by atoms with E-state index in [9.17, 15) is 0 Å². The topological polar surface area (TPSA) is 76.1 Å². The minimum Gasteiger partial charge on any atom is -0.460 e. The third kappa shape index (κ3) is 5.02. The Morgan fingerprint density at radius 3 is 2.61 bits per heavy atom. The molecule has 1 spiro atoms. The van der Waals surface area contributed by atoms with Crippen LogP contribution < -0.4 is 10.1 Å². The Kier molecular flexibility index (Phi) is 5.58.